The Morgan fingerprint density at radius 2 is 1.22 bits per heavy atom. The summed E-state index contributed by atoms with van der Waals surface area (Å²) in [7, 11) is 0. The third-order valence-electron chi connectivity index (χ3n) is 12.0. The van der Waals surface area contributed by atoms with Crippen LogP contribution in [0.25, 0.3) is 49.9 Å². The van der Waals surface area contributed by atoms with Crippen LogP contribution in [0, 0.1) is 25.7 Å². The van der Waals surface area contributed by atoms with Crippen LogP contribution in [-0.2, 0) is 31.9 Å². The Kier molecular flexibility index (Phi) is 10.9. The van der Waals surface area contributed by atoms with Crippen molar-refractivity contribution >= 4 is 44.6 Å². The van der Waals surface area contributed by atoms with Gasteiger partial charge < -0.3 is 19.1 Å². The van der Waals surface area contributed by atoms with Gasteiger partial charge in [-0.25, -0.2) is 4.98 Å². The number of aryl methyl sites for hydroxylation is 1. The van der Waals surface area contributed by atoms with Gasteiger partial charge in [-0.15, -0.1) is 48.1 Å². The normalized spacial score (nSPS) is 12.7. The van der Waals surface area contributed by atoms with Crippen LogP contribution in [0.4, 0.5) is 22.7 Å². The molecule has 5 nitrogen and oxygen atoms in total. The van der Waals surface area contributed by atoms with Crippen LogP contribution < -0.4 is 14.5 Å². The summed E-state index contributed by atoms with van der Waals surface area (Å²) in [5.41, 5.74) is 14.6. The van der Waals surface area contributed by atoms with Gasteiger partial charge in [0.05, 0.1) is 0 Å². The Labute approximate surface area is 385 Å². The summed E-state index contributed by atoms with van der Waals surface area (Å²) in [5.74, 6) is 2.03. The van der Waals surface area contributed by atoms with Crippen molar-refractivity contribution < 1.29 is 25.8 Å². The van der Waals surface area contributed by atoms with Crippen molar-refractivity contribution in [3.63, 3.8) is 0 Å². The molecule has 10 rings (SSSR count). The fourth-order valence-corrected chi connectivity index (χ4v) is 8.53. The molecule has 6 heteroatoms. The quantitative estimate of drug-likeness (QED) is 0.149. The van der Waals surface area contributed by atoms with Crippen LogP contribution in [0.5, 0.6) is 11.5 Å². The number of anilines is 4. The zero-order chi connectivity index (χ0) is 42.8. The van der Waals surface area contributed by atoms with Crippen LogP contribution in [0.15, 0.2) is 164 Å². The van der Waals surface area contributed by atoms with Crippen molar-refractivity contribution in [3.8, 4) is 39.6 Å². The molecule has 3 heterocycles. The Bertz CT molecular complexity index is 3100. The van der Waals surface area contributed by atoms with E-state index in [2.05, 4.69) is 221 Å². The van der Waals surface area contributed by atoms with Crippen molar-refractivity contribution in [2.45, 2.75) is 59.3 Å². The first-order valence-corrected chi connectivity index (χ1v) is 21.4. The van der Waals surface area contributed by atoms with Gasteiger partial charge in [0.2, 0.25) is 0 Å². The van der Waals surface area contributed by atoms with Gasteiger partial charge in [0.1, 0.15) is 5.82 Å². The average Bonchev–Trinajstić information content (AvgIpc) is 3.82. The fourth-order valence-electron chi connectivity index (χ4n) is 8.53. The van der Waals surface area contributed by atoms with Crippen molar-refractivity contribution in [2.75, 3.05) is 9.80 Å². The van der Waals surface area contributed by atoms with E-state index in [1.165, 1.54) is 16.7 Å². The van der Waals surface area contributed by atoms with Crippen molar-refractivity contribution in [3.05, 3.63) is 199 Å². The maximum absolute atomic E-state index is 6.65. The molecule has 0 radical (unpaired) electrons. The number of para-hydroxylation sites is 1. The molecule has 0 N–H and O–H groups in total. The van der Waals surface area contributed by atoms with E-state index in [0.29, 0.717) is 11.5 Å². The minimum Gasteiger partial charge on any atom is -0.509 e. The van der Waals surface area contributed by atoms with E-state index in [1.54, 1.807) is 0 Å². The molecule has 0 atom stereocenters. The zero-order valence-corrected chi connectivity index (χ0v) is 39.0. The summed E-state index contributed by atoms with van der Waals surface area (Å²) >= 11 is 0. The van der Waals surface area contributed by atoms with Crippen LogP contribution in [0.2, 0.25) is 0 Å². The third-order valence-corrected chi connectivity index (χ3v) is 12.0. The molecule has 0 amide bonds. The Hall–Kier alpha value is -6.42. The molecule has 0 unspecified atom stereocenters. The molecule has 0 saturated carbocycles. The minimum atomic E-state index is 0. The van der Waals surface area contributed by atoms with E-state index in [9.17, 15) is 0 Å². The maximum Gasteiger partial charge on any atom is 0.135 e. The van der Waals surface area contributed by atoms with Gasteiger partial charge in [-0.3, -0.25) is 0 Å². The Morgan fingerprint density at radius 3 is 1.94 bits per heavy atom. The first-order valence-electron chi connectivity index (χ1n) is 21.4. The summed E-state index contributed by atoms with van der Waals surface area (Å²) in [6.07, 6.45) is 2.00. The van der Waals surface area contributed by atoms with Gasteiger partial charge in [-0.2, -0.15) is 12.1 Å². The molecule has 63 heavy (non-hydrogen) atoms. The number of aromatic nitrogens is 2. The zero-order valence-electron chi connectivity index (χ0n) is 36.7. The molecule has 0 saturated heterocycles. The first kappa shape index (κ1) is 41.9. The molecule has 0 bridgehead atoms. The van der Waals surface area contributed by atoms with Gasteiger partial charge in [0.15, 0.2) is 0 Å². The number of rotatable bonds is 7. The second kappa shape index (κ2) is 16.4. The van der Waals surface area contributed by atoms with Crippen LogP contribution in [-0.4, -0.2) is 9.55 Å². The summed E-state index contributed by atoms with van der Waals surface area (Å²) in [6, 6.07) is 63.0. The third kappa shape index (κ3) is 7.96. The number of hydrogen-bond acceptors (Lipinski definition) is 4. The molecular weight excluding hydrogens is 952 g/mol. The SMILES string of the molecule is Cc1cc(-n2c3[c-]c(Oc4[c-]c(N5[CH-]N(c6ccc(C(C)(C)C)cc6)c6ccc(-c7ccccc7)cc65)ccc4)ccc3c3ccccc32)ncc1-c1ccc(C(C)(C)C)cc1.[Pt]. The Balaban J connectivity index is 0.00000504. The number of pyridine rings is 1. The molecule has 0 spiro atoms. The number of ether oxygens (including phenoxy) is 1. The van der Waals surface area contributed by atoms with Gasteiger partial charge in [-0.1, -0.05) is 138 Å². The van der Waals surface area contributed by atoms with Crippen LogP contribution in [0.3, 0.4) is 0 Å². The standard InChI is InChI=1S/C57H49N4O.Pt/c1-38-32-55(58-36-50(38)40-20-23-42(24-21-40)56(2,3)4)61-51-19-12-11-18-48(51)49-30-29-47(35-53(49)61)62-46-17-13-16-45(34-46)60-37-59(44-27-25-43(26-28-44)57(5,6)7)52-31-22-41(33-54(52)60)39-14-9-8-10-15-39;/h8-33,36-37H,1-7H3;/q-3;. The van der Waals surface area contributed by atoms with Crippen molar-refractivity contribution in [1.82, 2.24) is 9.55 Å². The first-order chi connectivity index (χ1) is 29.9. The van der Waals surface area contributed by atoms with Crippen LogP contribution in [0.1, 0.15) is 58.2 Å². The van der Waals surface area contributed by atoms with E-state index >= 15 is 0 Å². The number of hydrogen-bond donors (Lipinski definition) is 0. The van der Waals surface area contributed by atoms with Gasteiger partial charge in [0.25, 0.3) is 0 Å². The molecule has 0 fully saturated rings. The van der Waals surface area contributed by atoms with E-state index < -0.39 is 0 Å². The monoisotopic (exact) mass is 1000 g/mol. The van der Waals surface area contributed by atoms with Gasteiger partial charge in [0, 0.05) is 66.9 Å². The van der Waals surface area contributed by atoms with Gasteiger partial charge in [-0.05, 0) is 92.9 Å². The number of fused-ring (bicyclic) bond motifs is 4. The summed E-state index contributed by atoms with van der Waals surface area (Å²) in [4.78, 5) is 9.52. The fraction of sp³-hybridized carbons (Fsp3) is 0.158. The number of nitrogens with zero attached hydrogens (tertiary/aromatic N) is 4. The van der Waals surface area contributed by atoms with Crippen molar-refractivity contribution in [1.29, 1.82) is 0 Å². The van der Waals surface area contributed by atoms with Gasteiger partial charge >= 0.3 is 0 Å². The molecule has 0 aliphatic carbocycles. The summed E-state index contributed by atoms with van der Waals surface area (Å²) < 4.78 is 8.84. The molecule has 1 aliphatic rings. The van der Waals surface area contributed by atoms with E-state index in [4.69, 9.17) is 9.72 Å². The molecule has 1 aliphatic heterocycles. The van der Waals surface area contributed by atoms with Crippen LogP contribution >= 0.6 is 0 Å². The molecule has 7 aromatic carbocycles. The summed E-state index contributed by atoms with van der Waals surface area (Å²) in [6.45, 7) is 17.8. The largest absolute Gasteiger partial charge is 0.509 e. The average molecular weight is 1000 g/mol. The van der Waals surface area contributed by atoms with E-state index in [0.717, 1.165) is 72.6 Å². The molecule has 9 aromatic rings. The predicted octanol–water partition coefficient (Wildman–Crippen LogP) is 15.2. The molecular formula is C57H49N4OPt-3. The van der Waals surface area contributed by atoms with Crippen molar-refractivity contribution in [2.24, 2.45) is 0 Å². The maximum atomic E-state index is 6.65. The van der Waals surface area contributed by atoms with E-state index in [-0.39, 0.29) is 31.9 Å². The topological polar surface area (TPSA) is 33.5 Å². The number of benzene rings is 7. The summed E-state index contributed by atoms with van der Waals surface area (Å²) in [5, 5.41) is 2.22. The second-order valence-electron chi connectivity index (χ2n) is 18.3. The smallest absolute Gasteiger partial charge is 0.135 e. The van der Waals surface area contributed by atoms with E-state index in [1.807, 2.05) is 24.4 Å². The Morgan fingerprint density at radius 1 is 0.556 bits per heavy atom. The molecule has 2 aromatic heterocycles. The minimum absolute atomic E-state index is 0. The predicted molar refractivity (Wildman–Crippen MR) is 257 cm³/mol. The second-order valence-corrected chi connectivity index (χ2v) is 18.3. The molecule has 316 valence electrons.